The van der Waals surface area contributed by atoms with Crippen molar-refractivity contribution in [3.05, 3.63) is 12.7 Å². The summed E-state index contributed by atoms with van der Waals surface area (Å²) in [5.74, 6) is -0.376. The molecule has 0 radical (unpaired) electrons. The van der Waals surface area contributed by atoms with Crippen LogP contribution in [-0.2, 0) is 4.79 Å². The lowest BCUT2D eigenvalue weighted by molar-refractivity contribution is -0.138. The Morgan fingerprint density at radius 2 is 2.25 bits per heavy atom. The van der Waals surface area contributed by atoms with Gasteiger partial charge in [0.2, 0.25) is 0 Å². The van der Waals surface area contributed by atoms with E-state index in [9.17, 15) is 4.79 Å². The lowest BCUT2D eigenvalue weighted by Gasteiger charge is -2.06. The lowest BCUT2D eigenvalue weighted by atomic mass is 10.00. The molecule has 0 saturated carbocycles. The van der Waals surface area contributed by atoms with Crippen molar-refractivity contribution in [3.63, 3.8) is 0 Å². The number of carboxylic acid groups (broad SMARTS) is 1. The first kappa shape index (κ1) is 11.2. The molecule has 1 N–H and O–H groups in total. The van der Waals surface area contributed by atoms with Crippen molar-refractivity contribution in [2.45, 2.75) is 39.0 Å². The average Bonchev–Trinajstić information content (AvgIpc) is 1.97. The van der Waals surface area contributed by atoms with Crippen LogP contribution in [0.2, 0.25) is 0 Å². The molecule has 12 heavy (non-hydrogen) atoms. The van der Waals surface area contributed by atoms with Gasteiger partial charge >= 0.3 is 5.97 Å². The minimum absolute atomic E-state index is 0.300. The van der Waals surface area contributed by atoms with E-state index in [1.54, 1.807) is 0 Å². The Labute approximate surface area is 74.3 Å². The van der Waals surface area contributed by atoms with Crippen molar-refractivity contribution in [1.82, 2.24) is 0 Å². The van der Waals surface area contributed by atoms with Crippen LogP contribution < -0.4 is 0 Å². The maximum atomic E-state index is 10.3. The number of aliphatic carboxylic acids is 1. The first-order valence-corrected chi connectivity index (χ1v) is 4.49. The van der Waals surface area contributed by atoms with Gasteiger partial charge in [0.1, 0.15) is 0 Å². The van der Waals surface area contributed by atoms with Crippen molar-refractivity contribution in [2.75, 3.05) is 0 Å². The first-order chi connectivity index (χ1) is 5.66. The molecular formula is C10H18O2. The smallest absolute Gasteiger partial charge is 0.303 e. The van der Waals surface area contributed by atoms with Gasteiger partial charge in [-0.15, -0.1) is 6.58 Å². The molecule has 70 valence electrons. The fraction of sp³-hybridized carbons (Fsp3) is 0.700. The van der Waals surface area contributed by atoms with Crippen LogP contribution in [0.4, 0.5) is 0 Å². The number of hydrogen-bond donors (Lipinski definition) is 1. The van der Waals surface area contributed by atoms with Crippen LogP contribution in [-0.4, -0.2) is 11.1 Å². The number of allylic oxidation sites excluding steroid dienone is 1. The summed E-state index contributed by atoms with van der Waals surface area (Å²) in [6, 6.07) is 0. The number of carboxylic acids is 1. The SMILES string of the molecule is C=CCCCCC(C)CC(=O)O. The maximum Gasteiger partial charge on any atom is 0.303 e. The van der Waals surface area contributed by atoms with Gasteiger partial charge in [0, 0.05) is 6.42 Å². The van der Waals surface area contributed by atoms with E-state index in [2.05, 4.69) is 6.58 Å². The molecular weight excluding hydrogens is 152 g/mol. The standard InChI is InChI=1S/C10H18O2/c1-3-4-5-6-7-9(2)8-10(11)12/h3,9H,1,4-8H2,2H3,(H,11,12). The molecule has 0 spiro atoms. The van der Waals surface area contributed by atoms with E-state index in [0.717, 1.165) is 25.7 Å². The molecule has 1 unspecified atom stereocenters. The fourth-order valence-electron chi connectivity index (χ4n) is 1.18. The molecule has 2 nitrogen and oxygen atoms in total. The first-order valence-electron chi connectivity index (χ1n) is 4.49. The molecule has 0 aliphatic heterocycles. The minimum atomic E-state index is -0.689. The molecule has 0 bridgehead atoms. The van der Waals surface area contributed by atoms with E-state index < -0.39 is 5.97 Å². The molecule has 0 aromatic rings. The van der Waals surface area contributed by atoms with Gasteiger partial charge in [-0.05, 0) is 18.8 Å². The molecule has 0 aliphatic rings. The summed E-state index contributed by atoms with van der Waals surface area (Å²) in [5, 5.41) is 8.47. The zero-order chi connectivity index (χ0) is 9.40. The van der Waals surface area contributed by atoms with E-state index in [0.29, 0.717) is 12.3 Å². The van der Waals surface area contributed by atoms with Gasteiger partial charge in [-0.3, -0.25) is 4.79 Å². The molecule has 2 heteroatoms. The van der Waals surface area contributed by atoms with E-state index >= 15 is 0 Å². The topological polar surface area (TPSA) is 37.3 Å². The van der Waals surface area contributed by atoms with E-state index in [4.69, 9.17) is 5.11 Å². The lowest BCUT2D eigenvalue weighted by Crippen LogP contribution is -2.03. The Balaban J connectivity index is 3.24. The summed E-state index contributed by atoms with van der Waals surface area (Å²) in [5.41, 5.74) is 0. The monoisotopic (exact) mass is 170 g/mol. The Morgan fingerprint density at radius 3 is 2.75 bits per heavy atom. The third kappa shape index (κ3) is 7.32. The summed E-state index contributed by atoms with van der Waals surface area (Å²) in [6.45, 7) is 5.62. The van der Waals surface area contributed by atoms with Gasteiger partial charge in [-0.1, -0.05) is 25.8 Å². The highest BCUT2D eigenvalue weighted by atomic mass is 16.4. The molecule has 0 saturated heterocycles. The third-order valence-corrected chi connectivity index (χ3v) is 1.88. The van der Waals surface area contributed by atoms with Crippen molar-refractivity contribution >= 4 is 5.97 Å². The third-order valence-electron chi connectivity index (χ3n) is 1.88. The maximum absolute atomic E-state index is 10.3. The summed E-state index contributed by atoms with van der Waals surface area (Å²) >= 11 is 0. The minimum Gasteiger partial charge on any atom is -0.481 e. The van der Waals surface area contributed by atoms with Crippen LogP contribution >= 0.6 is 0 Å². The molecule has 0 aromatic heterocycles. The summed E-state index contributed by atoms with van der Waals surface area (Å²) in [6.07, 6.45) is 6.50. The summed E-state index contributed by atoms with van der Waals surface area (Å²) < 4.78 is 0. The van der Waals surface area contributed by atoms with Crippen LogP contribution in [0.25, 0.3) is 0 Å². The van der Waals surface area contributed by atoms with Crippen molar-refractivity contribution in [3.8, 4) is 0 Å². The van der Waals surface area contributed by atoms with Gasteiger partial charge in [0.05, 0.1) is 0 Å². The molecule has 0 heterocycles. The van der Waals surface area contributed by atoms with Gasteiger partial charge in [-0.2, -0.15) is 0 Å². The number of carbonyl (C=O) groups is 1. The Morgan fingerprint density at radius 1 is 1.58 bits per heavy atom. The van der Waals surface area contributed by atoms with Crippen LogP contribution in [0.5, 0.6) is 0 Å². The quantitative estimate of drug-likeness (QED) is 0.471. The highest BCUT2D eigenvalue weighted by molar-refractivity contribution is 5.66. The predicted molar refractivity (Wildman–Crippen MR) is 50.1 cm³/mol. The molecule has 0 aliphatic carbocycles. The predicted octanol–water partition coefficient (Wildman–Crippen LogP) is 2.84. The Hall–Kier alpha value is -0.790. The number of rotatable bonds is 7. The molecule has 1 atom stereocenters. The molecule has 0 aromatic carbocycles. The van der Waals surface area contributed by atoms with Crippen molar-refractivity contribution < 1.29 is 9.90 Å². The normalized spacial score (nSPS) is 12.4. The Bertz CT molecular complexity index is 141. The zero-order valence-electron chi connectivity index (χ0n) is 7.75. The molecule has 0 fully saturated rings. The highest BCUT2D eigenvalue weighted by Crippen LogP contribution is 2.12. The second-order valence-electron chi connectivity index (χ2n) is 3.28. The van der Waals surface area contributed by atoms with Gasteiger partial charge in [0.15, 0.2) is 0 Å². The second-order valence-corrected chi connectivity index (χ2v) is 3.28. The van der Waals surface area contributed by atoms with Crippen molar-refractivity contribution in [2.24, 2.45) is 5.92 Å². The van der Waals surface area contributed by atoms with Crippen LogP contribution in [0.15, 0.2) is 12.7 Å². The van der Waals surface area contributed by atoms with Crippen LogP contribution in [0.1, 0.15) is 39.0 Å². The fourth-order valence-corrected chi connectivity index (χ4v) is 1.18. The molecule has 0 rings (SSSR count). The van der Waals surface area contributed by atoms with Gasteiger partial charge < -0.3 is 5.11 Å². The number of hydrogen-bond acceptors (Lipinski definition) is 1. The van der Waals surface area contributed by atoms with Crippen LogP contribution in [0.3, 0.4) is 0 Å². The van der Waals surface area contributed by atoms with Crippen LogP contribution in [0, 0.1) is 5.92 Å². The average molecular weight is 170 g/mol. The van der Waals surface area contributed by atoms with E-state index in [1.807, 2.05) is 13.0 Å². The second kappa shape index (κ2) is 6.89. The van der Waals surface area contributed by atoms with E-state index in [1.165, 1.54) is 0 Å². The summed E-state index contributed by atoms with van der Waals surface area (Å²) in [7, 11) is 0. The van der Waals surface area contributed by atoms with E-state index in [-0.39, 0.29) is 0 Å². The highest BCUT2D eigenvalue weighted by Gasteiger charge is 2.06. The Kier molecular flexibility index (Phi) is 6.44. The summed E-state index contributed by atoms with van der Waals surface area (Å²) in [4.78, 5) is 10.3. The van der Waals surface area contributed by atoms with Gasteiger partial charge in [0.25, 0.3) is 0 Å². The van der Waals surface area contributed by atoms with Crippen molar-refractivity contribution in [1.29, 1.82) is 0 Å². The number of unbranched alkanes of at least 4 members (excludes halogenated alkanes) is 2. The molecule has 0 amide bonds. The zero-order valence-corrected chi connectivity index (χ0v) is 7.75. The largest absolute Gasteiger partial charge is 0.481 e. The van der Waals surface area contributed by atoms with Gasteiger partial charge in [-0.25, -0.2) is 0 Å².